The van der Waals surface area contributed by atoms with Gasteiger partial charge in [-0.25, -0.2) is 8.78 Å². The lowest BCUT2D eigenvalue weighted by atomic mass is 10.1. The fraction of sp³-hybridized carbons (Fsp3) is 0.188. The summed E-state index contributed by atoms with van der Waals surface area (Å²) in [6.07, 6.45) is 0.859. The van der Waals surface area contributed by atoms with Gasteiger partial charge in [0.1, 0.15) is 17.4 Å². The molecule has 104 valence electrons. The molecule has 0 amide bonds. The summed E-state index contributed by atoms with van der Waals surface area (Å²) < 4.78 is 31.5. The number of ether oxygens (including phenoxy) is 1. The topological polar surface area (TPSA) is 26.3 Å². The minimum absolute atomic E-state index is 0.168. The number of Topliss-reactive ketones (excluding diaryl/α,β-unsaturated/α-hetero) is 1. The van der Waals surface area contributed by atoms with Crippen LogP contribution in [0.15, 0.2) is 42.5 Å². The molecule has 0 bridgehead atoms. The molecule has 0 aromatic heterocycles. The number of hydrogen-bond donors (Lipinski definition) is 0. The maximum Gasteiger partial charge on any atom is 0.203 e. The first-order valence-corrected chi connectivity index (χ1v) is 6.30. The zero-order valence-corrected chi connectivity index (χ0v) is 11.0. The number of ketones is 1. The number of rotatable bonds is 5. The molecule has 0 spiro atoms. The number of benzene rings is 2. The Labute approximate surface area is 116 Å². The van der Waals surface area contributed by atoms with Gasteiger partial charge in [0, 0.05) is 6.07 Å². The van der Waals surface area contributed by atoms with Crippen LogP contribution in [0.2, 0.25) is 0 Å². The summed E-state index contributed by atoms with van der Waals surface area (Å²) in [5.41, 5.74) is 0.918. The summed E-state index contributed by atoms with van der Waals surface area (Å²) in [5.74, 6) is -1.55. The molecule has 2 aromatic carbocycles. The Bertz CT molecular complexity index is 624. The SMILES string of the molecule is CCc1cccc(OCC(=O)c2ccc(F)cc2F)c1. The third-order valence-electron chi connectivity index (χ3n) is 2.91. The van der Waals surface area contributed by atoms with Crippen molar-refractivity contribution in [3.63, 3.8) is 0 Å². The smallest absolute Gasteiger partial charge is 0.203 e. The number of carbonyl (C=O) groups excluding carboxylic acids is 1. The van der Waals surface area contributed by atoms with Gasteiger partial charge in [-0.15, -0.1) is 0 Å². The highest BCUT2D eigenvalue weighted by Gasteiger charge is 2.13. The molecule has 0 atom stereocenters. The maximum atomic E-state index is 13.4. The van der Waals surface area contributed by atoms with Gasteiger partial charge in [0.15, 0.2) is 6.61 Å². The Kier molecular flexibility index (Phi) is 4.45. The van der Waals surface area contributed by atoms with Gasteiger partial charge in [-0.1, -0.05) is 19.1 Å². The lowest BCUT2D eigenvalue weighted by molar-refractivity contribution is 0.0917. The monoisotopic (exact) mass is 276 g/mol. The summed E-state index contributed by atoms with van der Waals surface area (Å²) >= 11 is 0. The minimum Gasteiger partial charge on any atom is -0.485 e. The van der Waals surface area contributed by atoms with Crippen molar-refractivity contribution in [2.45, 2.75) is 13.3 Å². The highest BCUT2D eigenvalue weighted by Crippen LogP contribution is 2.15. The molecular formula is C16H14F2O2. The second-order valence-electron chi connectivity index (χ2n) is 4.34. The Morgan fingerprint density at radius 1 is 1.15 bits per heavy atom. The van der Waals surface area contributed by atoms with Crippen LogP contribution in [0.1, 0.15) is 22.8 Å². The predicted molar refractivity (Wildman–Crippen MR) is 72.0 cm³/mol. The summed E-state index contributed by atoms with van der Waals surface area (Å²) in [5, 5.41) is 0. The van der Waals surface area contributed by atoms with Crippen molar-refractivity contribution in [3.8, 4) is 5.75 Å². The van der Waals surface area contributed by atoms with Crippen molar-refractivity contribution >= 4 is 5.78 Å². The summed E-state index contributed by atoms with van der Waals surface area (Å²) in [4.78, 5) is 11.8. The molecule has 2 aromatic rings. The van der Waals surface area contributed by atoms with Gasteiger partial charge in [0.05, 0.1) is 5.56 Å². The zero-order valence-electron chi connectivity index (χ0n) is 11.0. The fourth-order valence-electron chi connectivity index (χ4n) is 1.80. The van der Waals surface area contributed by atoms with E-state index in [0.717, 1.165) is 24.1 Å². The molecule has 2 rings (SSSR count). The first-order chi connectivity index (χ1) is 9.60. The van der Waals surface area contributed by atoms with Crippen molar-refractivity contribution in [3.05, 3.63) is 65.2 Å². The second kappa shape index (κ2) is 6.28. The standard InChI is InChI=1S/C16H14F2O2/c1-2-11-4-3-5-13(8-11)20-10-16(19)14-7-6-12(17)9-15(14)18/h3-9H,2,10H2,1H3. The highest BCUT2D eigenvalue weighted by molar-refractivity contribution is 5.97. The molecule has 4 heteroatoms. The molecule has 20 heavy (non-hydrogen) atoms. The van der Waals surface area contributed by atoms with E-state index in [4.69, 9.17) is 4.74 Å². The molecule has 2 nitrogen and oxygen atoms in total. The predicted octanol–water partition coefficient (Wildman–Crippen LogP) is 3.79. The van der Waals surface area contributed by atoms with E-state index in [1.165, 1.54) is 0 Å². The van der Waals surface area contributed by atoms with E-state index < -0.39 is 17.4 Å². The van der Waals surface area contributed by atoms with E-state index in [1.54, 1.807) is 6.07 Å². The van der Waals surface area contributed by atoms with Gasteiger partial charge in [0.2, 0.25) is 5.78 Å². The molecular weight excluding hydrogens is 262 g/mol. The lowest BCUT2D eigenvalue weighted by Crippen LogP contribution is -2.13. The summed E-state index contributed by atoms with van der Waals surface area (Å²) in [6.45, 7) is 1.73. The Morgan fingerprint density at radius 3 is 2.65 bits per heavy atom. The second-order valence-corrected chi connectivity index (χ2v) is 4.34. The van der Waals surface area contributed by atoms with Crippen LogP contribution >= 0.6 is 0 Å². The molecule has 0 heterocycles. The highest BCUT2D eigenvalue weighted by atomic mass is 19.1. The van der Waals surface area contributed by atoms with Crippen LogP contribution in [-0.4, -0.2) is 12.4 Å². The molecule has 0 saturated carbocycles. The van der Waals surface area contributed by atoms with Crippen LogP contribution in [0.3, 0.4) is 0 Å². The van der Waals surface area contributed by atoms with Crippen LogP contribution in [-0.2, 0) is 6.42 Å². The van der Waals surface area contributed by atoms with Crippen molar-refractivity contribution in [1.29, 1.82) is 0 Å². The summed E-state index contributed by atoms with van der Waals surface area (Å²) in [6, 6.07) is 10.2. The average Bonchev–Trinajstić information content (AvgIpc) is 2.45. The Morgan fingerprint density at radius 2 is 1.95 bits per heavy atom. The van der Waals surface area contributed by atoms with E-state index >= 15 is 0 Å². The Balaban J connectivity index is 2.04. The molecule has 0 saturated heterocycles. The van der Waals surface area contributed by atoms with Crippen LogP contribution in [0.5, 0.6) is 5.75 Å². The first kappa shape index (κ1) is 14.2. The molecule has 0 aliphatic heterocycles. The van der Waals surface area contributed by atoms with Gasteiger partial charge in [-0.2, -0.15) is 0 Å². The van der Waals surface area contributed by atoms with Crippen LogP contribution < -0.4 is 4.74 Å². The van der Waals surface area contributed by atoms with Crippen molar-refractivity contribution in [1.82, 2.24) is 0 Å². The van der Waals surface area contributed by atoms with Crippen LogP contribution in [0, 0.1) is 11.6 Å². The fourth-order valence-corrected chi connectivity index (χ4v) is 1.80. The minimum atomic E-state index is -0.874. The average molecular weight is 276 g/mol. The van der Waals surface area contributed by atoms with Gasteiger partial charge < -0.3 is 4.74 Å². The number of hydrogen-bond acceptors (Lipinski definition) is 2. The molecule has 0 unspecified atom stereocenters. The van der Waals surface area contributed by atoms with Gasteiger partial charge in [-0.05, 0) is 36.2 Å². The van der Waals surface area contributed by atoms with Crippen molar-refractivity contribution in [2.75, 3.05) is 6.61 Å². The zero-order chi connectivity index (χ0) is 14.5. The normalized spacial score (nSPS) is 10.3. The van der Waals surface area contributed by atoms with E-state index in [-0.39, 0.29) is 12.2 Å². The largest absolute Gasteiger partial charge is 0.485 e. The third-order valence-corrected chi connectivity index (χ3v) is 2.91. The molecule has 0 aliphatic carbocycles. The number of aryl methyl sites for hydroxylation is 1. The van der Waals surface area contributed by atoms with E-state index in [0.29, 0.717) is 11.8 Å². The van der Waals surface area contributed by atoms with E-state index in [2.05, 4.69) is 0 Å². The molecule has 0 fully saturated rings. The van der Waals surface area contributed by atoms with Gasteiger partial charge in [-0.3, -0.25) is 4.79 Å². The van der Waals surface area contributed by atoms with E-state index in [1.807, 2.05) is 25.1 Å². The first-order valence-electron chi connectivity index (χ1n) is 6.30. The number of carbonyl (C=O) groups is 1. The van der Waals surface area contributed by atoms with Crippen LogP contribution in [0.25, 0.3) is 0 Å². The Hall–Kier alpha value is -2.23. The quantitative estimate of drug-likeness (QED) is 0.777. The molecule has 0 N–H and O–H groups in total. The van der Waals surface area contributed by atoms with Crippen molar-refractivity contribution < 1.29 is 18.3 Å². The number of halogens is 2. The lowest BCUT2D eigenvalue weighted by Gasteiger charge is -2.07. The van der Waals surface area contributed by atoms with E-state index in [9.17, 15) is 13.6 Å². The molecule has 0 radical (unpaired) electrons. The molecule has 0 aliphatic rings. The van der Waals surface area contributed by atoms with Crippen LogP contribution in [0.4, 0.5) is 8.78 Å². The van der Waals surface area contributed by atoms with Crippen molar-refractivity contribution in [2.24, 2.45) is 0 Å². The van der Waals surface area contributed by atoms with Gasteiger partial charge in [0.25, 0.3) is 0 Å². The maximum absolute atomic E-state index is 13.4. The van der Waals surface area contributed by atoms with Gasteiger partial charge >= 0.3 is 0 Å². The summed E-state index contributed by atoms with van der Waals surface area (Å²) in [7, 11) is 0. The third kappa shape index (κ3) is 3.41.